The highest BCUT2D eigenvalue weighted by atomic mass is 35.5. The van der Waals surface area contributed by atoms with E-state index >= 15 is 0 Å². The second-order valence-corrected chi connectivity index (χ2v) is 11.7. The number of hydrogen-bond acceptors (Lipinski definition) is 5. The monoisotopic (exact) mass is 537 g/mol. The Labute approximate surface area is 216 Å². The van der Waals surface area contributed by atoms with Crippen molar-refractivity contribution in [3.05, 3.63) is 70.1 Å². The Morgan fingerprint density at radius 1 is 1.06 bits per heavy atom. The largest absolute Gasteiger partial charge is 0.493 e. The van der Waals surface area contributed by atoms with Crippen molar-refractivity contribution in [3.8, 4) is 21.9 Å². The molecule has 35 heavy (non-hydrogen) atoms. The van der Waals surface area contributed by atoms with E-state index in [1.165, 1.54) is 0 Å². The third kappa shape index (κ3) is 9.60. The molecule has 0 saturated carbocycles. The van der Waals surface area contributed by atoms with Gasteiger partial charge in [-0.3, -0.25) is 4.57 Å². The normalized spacial score (nSPS) is 11.7. The summed E-state index contributed by atoms with van der Waals surface area (Å²) < 4.78 is 22.8. The van der Waals surface area contributed by atoms with Gasteiger partial charge in [0.25, 0.3) is 0 Å². The highest BCUT2D eigenvalue weighted by Gasteiger charge is 2.12. The van der Waals surface area contributed by atoms with Crippen LogP contribution in [-0.4, -0.2) is 35.2 Å². The molecule has 0 spiro atoms. The number of hydrogen-bond donors (Lipinski definition) is 3. The maximum absolute atomic E-state index is 11.0. The molecule has 6 nitrogen and oxygen atoms in total. The molecule has 1 heterocycles. The molecule has 0 atom stereocenters. The summed E-state index contributed by atoms with van der Waals surface area (Å²) in [6.45, 7) is 5.71. The zero-order valence-corrected chi connectivity index (χ0v) is 22.5. The molecule has 0 amide bonds. The van der Waals surface area contributed by atoms with Crippen LogP contribution in [0, 0.1) is 0 Å². The van der Waals surface area contributed by atoms with Gasteiger partial charge in [0.1, 0.15) is 11.5 Å². The Hall–Kier alpha value is -1.86. The fourth-order valence-electron chi connectivity index (χ4n) is 3.59. The molecule has 190 valence electrons. The van der Waals surface area contributed by atoms with E-state index in [2.05, 4.69) is 17.4 Å². The van der Waals surface area contributed by atoms with E-state index < -0.39 is 7.60 Å². The molecule has 3 N–H and O–H groups in total. The molecular weight excluding hydrogens is 505 g/mol. The first-order valence-electron chi connectivity index (χ1n) is 11.7. The van der Waals surface area contributed by atoms with Crippen molar-refractivity contribution in [2.75, 3.05) is 19.3 Å². The average Bonchev–Trinajstić information content (AvgIpc) is 3.32. The van der Waals surface area contributed by atoms with Crippen LogP contribution < -0.4 is 14.8 Å². The smallest absolute Gasteiger partial charge is 0.325 e. The minimum atomic E-state index is -3.94. The minimum absolute atomic E-state index is 0.0827. The molecule has 0 aliphatic carbocycles. The van der Waals surface area contributed by atoms with Crippen LogP contribution in [0.4, 0.5) is 0 Å². The molecule has 0 unspecified atom stereocenters. The van der Waals surface area contributed by atoms with Crippen molar-refractivity contribution in [2.45, 2.75) is 45.8 Å². The van der Waals surface area contributed by atoms with E-state index in [4.69, 9.17) is 30.9 Å². The zero-order chi connectivity index (χ0) is 25.3. The van der Waals surface area contributed by atoms with Gasteiger partial charge < -0.3 is 24.6 Å². The van der Waals surface area contributed by atoms with Crippen LogP contribution in [-0.2, 0) is 17.5 Å². The van der Waals surface area contributed by atoms with Crippen LogP contribution in [0.1, 0.15) is 37.8 Å². The lowest BCUT2D eigenvalue weighted by molar-refractivity contribution is 0.242. The zero-order valence-electron chi connectivity index (χ0n) is 20.1. The number of aryl methyl sites for hydroxylation is 1. The lowest BCUT2D eigenvalue weighted by atomic mass is 10.1. The van der Waals surface area contributed by atoms with Gasteiger partial charge >= 0.3 is 7.60 Å². The Kier molecular flexibility index (Phi) is 10.7. The van der Waals surface area contributed by atoms with Crippen LogP contribution in [0.5, 0.6) is 11.5 Å². The number of ether oxygens (including phenoxy) is 2. The summed E-state index contributed by atoms with van der Waals surface area (Å²) in [6, 6.07) is 16.2. The van der Waals surface area contributed by atoms with Crippen molar-refractivity contribution < 1.29 is 23.8 Å². The maximum atomic E-state index is 11.0. The van der Waals surface area contributed by atoms with Gasteiger partial charge in [0.2, 0.25) is 0 Å². The minimum Gasteiger partial charge on any atom is -0.493 e. The summed E-state index contributed by atoms with van der Waals surface area (Å²) in [6.07, 6.45) is 2.12. The van der Waals surface area contributed by atoms with E-state index in [9.17, 15) is 4.57 Å². The van der Waals surface area contributed by atoms with Gasteiger partial charge in [0.15, 0.2) is 0 Å². The molecule has 2 aromatic carbocycles. The third-order valence-electron chi connectivity index (χ3n) is 5.19. The highest BCUT2D eigenvalue weighted by molar-refractivity contribution is 7.51. The first-order chi connectivity index (χ1) is 16.7. The quantitative estimate of drug-likeness (QED) is 0.160. The van der Waals surface area contributed by atoms with E-state index in [0.717, 1.165) is 40.2 Å². The summed E-state index contributed by atoms with van der Waals surface area (Å²) in [7, 11) is -3.94. The molecule has 0 aliphatic rings. The first kappa shape index (κ1) is 27.7. The molecular formula is C26H33ClNO5PS. The highest BCUT2D eigenvalue weighted by Crippen LogP contribution is 2.35. The Bertz CT molecular complexity index is 1120. The SMILES string of the molecule is CC(C)Oc1ccc(CCCOc2ccc(CNCCCP(=O)(O)O)cc2-c2cccs2)cc1Cl. The lowest BCUT2D eigenvalue weighted by Gasteiger charge is -2.14. The second-order valence-electron chi connectivity index (χ2n) is 8.61. The van der Waals surface area contributed by atoms with Crippen molar-refractivity contribution in [3.63, 3.8) is 0 Å². The summed E-state index contributed by atoms with van der Waals surface area (Å²) in [5.74, 6) is 1.55. The molecule has 3 aromatic rings. The van der Waals surface area contributed by atoms with Gasteiger partial charge in [0, 0.05) is 17.0 Å². The standard InChI is InChI=1S/C26H33ClNO5PS/c1-19(2)33-25-11-8-20(17-23(25)27)6-3-13-32-24-10-9-21(16-22(24)26-7-4-15-35-26)18-28-12-5-14-34(29,30)31/h4,7-11,15-17,19,28H,3,5-6,12-14,18H2,1-2H3,(H2,29,30,31). The molecule has 0 saturated heterocycles. The topological polar surface area (TPSA) is 88.0 Å². The predicted molar refractivity (Wildman–Crippen MR) is 144 cm³/mol. The van der Waals surface area contributed by atoms with Crippen LogP contribution >= 0.6 is 30.5 Å². The van der Waals surface area contributed by atoms with Crippen LogP contribution in [0.25, 0.3) is 10.4 Å². The fraction of sp³-hybridized carbons (Fsp3) is 0.385. The Morgan fingerprint density at radius 2 is 1.83 bits per heavy atom. The first-order valence-corrected chi connectivity index (χ1v) is 14.8. The number of halogens is 1. The fourth-order valence-corrected chi connectivity index (χ4v) is 5.15. The molecule has 9 heteroatoms. The van der Waals surface area contributed by atoms with E-state index in [0.29, 0.717) is 36.9 Å². The molecule has 0 bridgehead atoms. The van der Waals surface area contributed by atoms with Crippen molar-refractivity contribution in [2.24, 2.45) is 0 Å². The Morgan fingerprint density at radius 3 is 2.51 bits per heavy atom. The maximum Gasteiger partial charge on any atom is 0.325 e. The van der Waals surface area contributed by atoms with Gasteiger partial charge in [-0.2, -0.15) is 0 Å². The molecule has 1 aromatic heterocycles. The summed E-state index contributed by atoms with van der Waals surface area (Å²) in [5, 5.41) is 5.93. The van der Waals surface area contributed by atoms with E-state index in [1.807, 2.05) is 55.6 Å². The molecule has 0 aliphatic heterocycles. The average molecular weight is 538 g/mol. The van der Waals surface area contributed by atoms with E-state index in [-0.39, 0.29) is 12.3 Å². The van der Waals surface area contributed by atoms with Gasteiger partial charge in [-0.15, -0.1) is 11.3 Å². The second kappa shape index (κ2) is 13.4. The Balaban J connectivity index is 1.55. The summed E-state index contributed by atoms with van der Waals surface area (Å²) >= 11 is 8.02. The summed E-state index contributed by atoms with van der Waals surface area (Å²) in [4.78, 5) is 19.1. The van der Waals surface area contributed by atoms with Crippen LogP contribution in [0.3, 0.4) is 0 Å². The number of thiophene rings is 1. The van der Waals surface area contributed by atoms with Gasteiger partial charge in [0.05, 0.1) is 23.9 Å². The van der Waals surface area contributed by atoms with Crippen molar-refractivity contribution in [1.29, 1.82) is 0 Å². The predicted octanol–water partition coefficient (Wildman–Crippen LogP) is 6.52. The van der Waals surface area contributed by atoms with Crippen LogP contribution in [0.2, 0.25) is 5.02 Å². The van der Waals surface area contributed by atoms with Crippen molar-refractivity contribution >= 4 is 30.5 Å². The molecule has 0 fully saturated rings. The van der Waals surface area contributed by atoms with E-state index in [1.54, 1.807) is 11.3 Å². The van der Waals surface area contributed by atoms with Crippen molar-refractivity contribution in [1.82, 2.24) is 5.32 Å². The van der Waals surface area contributed by atoms with Gasteiger partial charge in [-0.1, -0.05) is 29.8 Å². The van der Waals surface area contributed by atoms with Crippen LogP contribution in [0.15, 0.2) is 53.9 Å². The van der Waals surface area contributed by atoms with Gasteiger partial charge in [-0.05, 0) is 86.5 Å². The molecule has 3 rings (SSSR count). The number of nitrogens with one attached hydrogen (secondary N) is 1. The lowest BCUT2D eigenvalue weighted by Crippen LogP contribution is -2.16. The number of rotatable bonds is 14. The van der Waals surface area contributed by atoms with Gasteiger partial charge in [-0.25, -0.2) is 0 Å². The number of benzene rings is 2. The third-order valence-corrected chi connectivity index (χ3v) is 7.29. The molecule has 0 radical (unpaired) electrons. The summed E-state index contributed by atoms with van der Waals surface area (Å²) in [5.41, 5.74) is 3.29.